The van der Waals surface area contributed by atoms with E-state index in [4.69, 9.17) is 9.57 Å². The molecule has 0 unspecified atom stereocenters. The quantitative estimate of drug-likeness (QED) is 0.161. The molecule has 0 bridgehead atoms. The zero-order chi connectivity index (χ0) is 27.9. The number of hydrogen-bond acceptors (Lipinski definition) is 6. The van der Waals surface area contributed by atoms with Crippen molar-refractivity contribution >= 4 is 23.6 Å². The molecule has 0 radical (unpaired) electrons. The van der Waals surface area contributed by atoms with E-state index in [1.54, 1.807) is 26.8 Å². The van der Waals surface area contributed by atoms with Crippen LogP contribution in [0.2, 0.25) is 0 Å². The van der Waals surface area contributed by atoms with E-state index in [2.05, 4.69) is 15.5 Å². The summed E-state index contributed by atoms with van der Waals surface area (Å²) in [7, 11) is 0. The Labute approximate surface area is 226 Å². The lowest BCUT2D eigenvalue weighted by Gasteiger charge is -2.33. The summed E-state index contributed by atoms with van der Waals surface area (Å²) in [5.74, 6) is -1.24. The highest BCUT2D eigenvalue weighted by atomic mass is 16.7. The molecule has 0 atom stereocenters. The zero-order valence-corrected chi connectivity index (χ0v) is 21.9. The minimum Gasteiger partial charge on any atom is -0.476 e. The highest BCUT2D eigenvalue weighted by molar-refractivity contribution is 6.41. The fraction of sp³-hybridized carbons (Fsp3) is 0.161. The third-order valence-electron chi connectivity index (χ3n) is 5.64. The van der Waals surface area contributed by atoms with Crippen molar-refractivity contribution in [2.45, 2.75) is 32.0 Å². The van der Waals surface area contributed by atoms with Crippen LogP contribution in [0.15, 0.2) is 114 Å². The summed E-state index contributed by atoms with van der Waals surface area (Å²) in [5, 5.41) is 16.8. The second kappa shape index (κ2) is 11.6. The number of aliphatic carboxylic acids is 1. The largest absolute Gasteiger partial charge is 0.476 e. The van der Waals surface area contributed by atoms with Crippen LogP contribution in [0.5, 0.6) is 0 Å². The van der Waals surface area contributed by atoms with Gasteiger partial charge in [0.05, 0.1) is 0 Å². The summed E-state index contributed by atoms with van der Waals surface area (Å²) in [6.07, 6.45) is -0.714. The van der Waals surface area contributed by atoms with Crippen LogP contribution >= 0.6 is 0 Å². The van der Waals surface area contributed by atoms with E-state index >= 15 is 0 Å². The number of oxime groups is 1. The van der Waals surface area contributed by atoms with Crippen LogP contribution in [0, 0.1) is 0 Å². The first-order chi connectivity index (χ1) is 18.7. The van der Waals surface area contributed by atoms with Gasteiger partial charge < -0.3 is 14.7 Å². The lowest BCUT2D eigenvalue weighted by atomic mass is 9.80. The Morgan fingerprint density at radius 3 is 1.67 bits per heavy atom. The fourth-order valence-corrected chi connectivity index (χ4v) is 4.03. The lowest BCUT2D eigenvalue weighted by Crippen LogP contribution is -2.32. The minimum absolute atomic E-state index is 0.000793. The summed E-state index contributed by atoms with van der Waals surface area (Å²) in [5.41, 5.74) is -0.151. The van der Waals surface area contributed by atoms with Crippen LogP contribution < -0.4 is 5.32 Å². The number of pyridine rings is 1. The van der Waals surface area contributed by atoms with E-state index < -0.39 is 29.0 Å². The van der Waals surface area contributed by atoms with Gasteiger partial charge in [-0.2, -0.15) is 0 Å². The van der Waals surface area contributed by atoms with Gasteiger partial charge in [-0.05, 0) is 32.9 Å². The Morgan fingerprint density at radius 2 is 1.23 bits per heavy atom. The molecule has 0 aliphatic rings. The molecule has 39 heavy (non-hydrogen) atoms. The number of aromatic nitrogens is 1. The third-order valence-corrected chi connectivity index (χ3v) is 5.64. The number of carboxylic acids is 1. The molecule has 0 saturated heterocycles. The van der Waals surface area contributed by atoms with Gasteiger partial charge in [0, 0.05) is 16.7 Å². The van der Waals surface area contributed by atoms with Crippen molar-refractivity contribution in [1.82, 2.24) is 4.98 Å². The topological polar surface area (TPSA) is 110 Å². The van der Waals surface area contributed by atoms with Gasteiger partial charge in [-0.3, -0.25) is 5.32 Å². The molecule has 0 fully saturated rings. The van der Waals surface area contributed by atoms with E-state index in [0.29, 0.717) is 0 Å². The first kappa shape index (κ1) is 27.1. The van der Waals surface area contributed by atoms with Gasteiger partial charge in [-0.15, -0.1) is 0 Å². The Hall–Kier alpha value is -4.98. The number of rotatable bonds is 8. The van der Waals surface area contributed by atoms with Gasteiger partial charge in [-0.25, -0.2) is 14.6 Å². The second-order valence-electron chi connectivity index (χ2n) is 9.65. The maximum absolute atomic E-state index is 12.4. The molecule has 3 aromatic carbocycles. The highest BCUT2D eigenvalue weighted by Crippen LogP contribution is 2.40. The Morgan fingerprint density at radius 1 is 0.744 bits per heavy atom. The number of carboxylic acid groups (broad SMARTS) is 1. The average molecular weight is 524 g/mol. The van der Waals surface area contributed by atoms with Gasteiger partial charge in [0.15, 0.2) is 0 Å². The number of carbonyl (C=O) groups is 2. The molecule has 0 spiro atoms. The van der Waals surface area contributed by atoms with Crippen molar-refractivity contribution in [3.05, 3.63) is 132 Å². The van der Waals surface area contributed by atoms with Crippen LogP contribution in [-0.2, 0) is 20.0 Å². The highest BCUT2D eigenvalue weighted by Gasteiger charge is 2.40. The van der Waals surface area contributed by atoms with Crippen LogP contribution in [0.4, 0.5) is 10.6 Å². The number of carbonyl (C=O) groups excluding carboxylic acids is 1. The average Bonchev–Trinajstić information content (AvgIpc) is 2.91. The number of nitrogens with one attached hydrogen (secondary N) is 1. The summed E-state index contributed by atoms with van der Waals surface area (Å²) >= 11 is 0. The minimum atomic E-state index is -1.35. The molecule has 0 saturated carbocycles. The molecule has 0 aliphatic carbocycles. The van der Waals surface area contributed by atoms with Gasteiger partial charge in [-0.1, -0.05) is 102 Å². The standard InChI is InChI=1S/C31H29N3O5/c1-30(2,3)38-29(37)33-26-21-13-20-25(32-26)27(28(35)36)34-39-31(22-14-7-4-8-15-22,23-16-9-5-10-17-23)24-18-11-6-12-19-24/h4-21H,1-3H3,(H,35,36)(H,32,33,37). The molecular formula is C31H29N3O5. The molecule has 4 aromatic rings. The first-order valence-electron chi connectivity index (χ1n) is 12.3. The monoisotopic (exact) mass is 523 g/mol. The number of nitrogens with zero attached hydrogens (tertiary/aromatic N) is 2. The Bertz CT molecular complexity index is 1350. The summed E-state index contributed by atoms with van der Waals surface area (Å²) in [4.78, 5) is 35.2. The molecule has 2 N–H and O–H groups in total. The number of anilines is 1. The summed E-state index contributed by atoms with van der Waals surface area (Å²) in [6.45, 7) is 5.21. The number of hydrogen-bond donors (Lipinski definition) is 2. The van der Waals surface area contributed by atoms with Crippen molar-refractivity contribution in [2.24, 2.45) is 5.16 Å². The van der Waals surface area contributed by atoms with Crippen LogP contribution in [0.1, 0.15) is 43.2 Å². The van der Waals surface area contributed by atoms with E-state index in [1.165, 1.54) is 12.1 Å². The van der Waals surface area contributed by atoms with Gasteiger partial charge in [0.25, 0.3) is 0 Å². The Balaban J connectivity index is 1.80. The molecule has 4 rings (SSSR count). The van der Waals surface area contributed by atoms with Crippen molar-refractivity contribution in [1.29, 1.82) is 0 Å². The maximum Gasteiger partial charge on any atom is 0.413 e. The Kier molecular flexibility index (Phi) is 8.05. The SMILES string of the molecule is CC(C)(C)OC(=O)Nc1cccc(C(=NOC(c2ccccc2)(c2ccccc2)c2ccccc2)C(=O)O)n1. The molecule has 1 aromatic heterocycles. The van der Waals surface area contributed by atoms with Gasteiger partial charge in [0.2, 0.25) is 11.3 Å². The molecular weight excluding hydrogens is 494 g/mol. The smallest absolute Gasteiger partial charge is 0.413 e. The summed E-state index contributed by atoms with van der Waals surface area (Å²) < 4.78 is 5.27. The maximum atomic E-state index is 12.4. The van der Waals surface area contributed by atoms with E-state index in [1.807, 2.05) is 91.0 Å². The van der Waals surface area contributed by atoms with Crippen molar-refractivity contribution < 1.29 is 24.3 Å². The molecule has 1 heterocycles. The lowest BCUT2D eigenvalue weighted by molar-refractivity contribution is -0.129. The van der Waals surface area contributed by atoms with Crippen molar-refractivity contribution in [3.63, 3.8) is 0 Å². The zero-order valence-electron chi connectivity index (χ0n) is 21.9. The van der Waals surface area contributed by atoms with Crippen molar-refractivity contribution in [3.8, 4) is 0 Å². The number of ether oxygens (including phenoxy) is 1. The molecule has 8 heteroatoms. The number of amides is 1. The normalized spacial score (nSPS) is 11.9. The third kappa shape index (κ3) is 6.48. The van der Waals surface area contributed by atoms with Crippen molar-refractivity contribution in [2.75, 3.05) is 5.32 Å². The van der Waals surface area contributed by atoms with E-state index in [0.717, 1.165) is 16.7 Å². The van der Waals surface area contributed by atoms with Crippen LogP contribution in [0.3, 0.4) is 0 Å². The van der Waals surface area contributed by atoms with Crippen LogP contribution in [0.25, 0.3) is 0 Å². The van der Waals surface area contributed by atoms with E-state index in [9.17, 15) is 14.7 Å². The summed E-state index contributed by atoms with van der Waals surface area (Å²) in [6, 6.07) is 33.0. The second-order valence-corrected chi connectivity index (χ2v) is 9.65. The number of benzene rings is 3. The van der Waals surface area contributed by atoms with E-state index in [-0.39, 0.29) is 11.5 Å². The van der Waals surface area contributed by atoms with Crippen LogP contribution in [-0.4, -0.2) is 33.5 Å². The first-order valence-corrected chi connectivity index (χ1v) is 12.3. The molecule has 198 valence electrons. The fourth-order valence-electron chi connectivity index (χ4n) is 4.03. The molecule has 0 aliphatic heterocycles. The van der Waals surface area contributed by atoms with Gasteiger partial charge in [0.1, 0.15) is 17.1 Å². The molecule has 1 amide bonds. The molecule has 8 nitrogen and oxygen atoms in total. The predicted molar refractivity (Wildman–Crippen MR) is 149 cm³/mol. The predicted octanol–water partition coefficient (Wildman–Crippen LogP) is 6.23. The van der Waals surface area contributed by atoms with Gasteiger partial charge >= 0.3 is 12.1 Å².